The molecule has 6 heteroatoms. The van der Waals surface area contributed by atoms with Crippen LogP contribution in [0, 0.1) is 5.92 Å². The van der Waals surface area contributed by atoms with Crippen LogP contribution in [-0.2, 0) is 14.4 Å². The lowest BCUT2D eigenvalue weighted by molar-refractivity contribution is -0.138. The quantitative estimate of drug-likeness (QED) is 0.673. The number of piperidine rings is 1. The molecule has 3 amide bonds. The Morgan fingerprint density at radius 1 is 1.20 bits per heavy atom. The van der Waals surface area contributed by atoms with Crippen molar-refractivity contribution in [3.8, 4) is 0 Å². The van der Waals surface area contributed by atoms with Crippen molar-refractivity contribution in [1.82, 2.24) is 15.5 Å². The molecule has 0 aromatic heterocycles. The molecule has 2 fully saturated rings. The van der Waals surface area contributed by atoms with Gasteiger partial charge in [-0.3, -0.25) is 19.3 Å². The van der Waals surface area contributed by atoms with Gasteiger partial charge in [0, 0.05) is 32.4 Å². The molecule has 0 aliphatic carbocycles. The van der Waals surface area contributed by atoms with Crippen LogP contribution in [0.3, 0.4) is 0 Å². The zero-order valence-corrected chi connectivity index (χ0v) is 11.8. The SMILES string of the molecule is O=C(CCC1CCNCC1)NCCN1C(=O)CCC1=O. The van der Waals surface area contributed by atoms with Gasteiger partial charge in [-0.25, -0.2) is 0 Å². The van der Waals surface area contributed by atoms with Crippen LogP contribution in [0.5, 0.6) is 0 Å². The number of nitrogens with zero attached hydrogens (tertiary/aromatic N) is 1. The summed E-state index contributed by atoms with van der Waals surface area (Å²) in [6.07, 6.45) is 4.36. The number of hydrogen-bond acceptors (Lipinski definition) is 4. The van der Waals surface area contributed by atoms with Crippen molar-refractivity contribution in [1.29, 1.82) is 0 Å². The fraction of sp³-hybridized carbons (Fsp3) is 0.786. The second kappa shape index (κ2) is 7.38. The normalized spacial score (nSPS) is 20.5. The van der Waals surface area contributed by atoms with Crippen LogP contribution in [0.2, 0.25) is 0 Å². The molecular formula is C14H23N3O3. The van der Waals surface area contributed by atoms with Crippen molar-refractivity contribution in [2.45, 2.75) is 38.5 Å². The third-order valence-corrected chi connectivity index (χ3v) is 4.05. The summed E-state index contributed by atoms with van der Waals surface area (Å²) in [6, 6.07) is 0. The van der Waals surface area contributed by atoms with Gasteiger partial charge >= 0.3 is 0 Å². The highest BCUT2D eigenvalue weighted by Crippen LogP contribution is 2.17. The molecule has 112 valence electrons. The van der Waals surface area contributed by atoms with Crippen molar-refractivity contribution in [2.75, 3.05) is 26.2 Å². The Morgan fingerprint density at radius 2 is 1.85 bits per heavy atom. The second-order valence-corrected chi connectivity index (χ2v) is 5.52. The molecule has 0 aromatic rings. The summed E-state index contributed by atoms with van der Waals surface area (Å²) in [5.41, 5.74) is 0. The minimum Gasteiger partial charge on any atom is -0.354 e. The van der Waals surface area contributed by atoms with Crippen molar-refractivity contribution in [3.63, 3.8) is 0 Å². The number of likely N-dealkylation sites (tertiary alicyclic amines) is 1. The summed E-state index contributed by atoms with van der Waals surface area (Å²) in [7, 11) is 0. The van der Waals surface area contributed by atoms with E-state index in [0.717, 1.165) is 32.4 Å². The molecule has 6 nitrogen and oxygen atoms in total. The molecule has 2 N–H and O–H groups in total. The van der Waals surface area contributed by atoms with Crippen LogP contribution in [0.25, 0.3) is 0 Å². The highest BCUT2D eigenvalue weighted by Gasteiger charge is 2.28. The molecule has 2 aliphatic rings. The number of amides is 3. The Kier molecular flexibility index (Phi) is 5.52. The first-order valence-electron chi connectivity index (χ1n) is 7.47. The maximum absolute atomic E-state index is 11.7. The van der Waals surface area contributed by atoms with E-state index in [1.54, 1.807) is 0 Å². The van der Waals surface area contributed by atoms with Gasteiger partial charge in [0.2, 0.25) is 17.7 Å². The van der Waals surface area contributed by atoms with E-state index in [2.05, 4.69) is 10.6 Å². The Bertz CT molecular complexity index is 362. The average molecular weight is 281 g/mol. The molecule has 0 saturated carbocycles. The number of rotatable bonds is 6. The van der Waals surface area contributed by atoms with Gasteiger partial charge in [0.25, 0.3) is 0 Å². The highest BCUT2D eigenvalue weighted by atomic mass is 16.2. The van der Waals surface area contributed by atoms with Crippen LogP contribution in [-0.4, -0.2) is 48.8 Å². The van der Waals surface area contributed by atoms with E-state index < -0.39 is 0 Å². The first kappa shape index (κ1) is 15.0. The van der Waals surface area contributed by atoms with Gasteiger partial charge in [0.1, 0.15) is 0 Å². The molecule has 0 spiro atoms. The lowest BCUT2D eigenvalue weighted by Crippen LogP contribution is -2.38. The smallest absolute Gasteiger partial charge is 0.229 e. The molecule has 20 heavy (non-hydrogen) atoms. The van der Waals surface area contributed by atoms with Gasteiger partial charge < -0.3 is 10.6 Å². The van der Waals surface area contributed by atoms with Crippen molar-refractivity contribution < 1.29 is 14.4 Å². The third kappa shape index (κ3) is 4.30. The van der Waals surface area contributed by atoms with Gasteiger partial charge in [-0.1, -0.05) is 0 Å². The zero-order chi connectivity index (χ0) is 14.4. The molecule has 2 aliphatic heterocycles. The summed E-state index contributed by atoms with van der Waals surface area (Å²) in [5, 5.41) is 6.10. The first-order chi connectivity index (χ1) is 9.66. The van der Waals surface area contributed by atoms with Gasteiger partial charge in [0.15, 0.2) is 0 Å². The van der Waals surface area contributed by atoms with Crippen molar-refractivity contribution >= 4 is 17.7 Å². The first-order valence-corrected chi connectivity index (χ1v) is 7.47. The van der Waals surface area contributed by atoms with Crippen LogP contribution in [0.15, 0.2) is 0 Å². The van der Waals surface area contributed by atoms with E-state index in [0.29, 0.717) is 38.3 Å². The lowest BCUT2D eigenvalue weighted by Gasteiger charge is -2.22. The van der Waals surface area contributed by atoms with Gasteiger partial charge in [-0.2, -0.15) is 0 Å². The van der Waals surface area contributed by atoms with Gasteiger partial charge in [-0.05, 0) is 38.3 Å². The molecule has 0 radical (unpaired) electrons. The van der Waals surface area contributed by atoms with Crippen molar-refractivity contribution in [3.05, 3.63) is 0 Å². The van der Waals surface area contributed by atoms with Crippen LogP contribution >= 0.6 is 0 Å². The Labute approximate surface area is 119 Å². The number of hydrogen-bond donors (Lipinski definition) is 2. The fourth-order valence-corrected chi connectivity index (χ4v) is 2.77. The molecule has 0 atom stereocenters. The fourth-order valence-electron chi connectivity index (χ4n) is 2.77. The monoisotopic (exact) mass is 281 g/mol. The Morgan fingerprint density at radius 3 is 2.50 bits per heavy atom. The topological polar surface area (TPSA) is 78.5 Å². The van der Waals surface area contributed by atoms with E-state index >= 15 is 0 Å². The van der Waals surface area contributed by atoms with Crippen LogP contribution < -0.4 is 10.6 Å². The molecule has 0 bridgehead atoms. The molecule has 2 saturated heterocycles. The molecule has 2 rings (SSSR count). The van der Waals surface area contributed by atoms with E-state index in [4.69, 9.17) is 0 Å². The summed E-state index contributed by atoms with van der Waals surface area (Å²) in [4.78, 5) is 35.7. The standard InChI is InChI=1S/C14H23N3O3/c18-12(2-1-11-5-7-15-8-6-11)16-9-10-17-13(19)3-4-14(17)20/h11,15H,1-10H2,(H,16,18). The van der Waals surface area contributed by atoms with Crippen molar-refractivity contribution in [2.24, 2.45) is 5.92 Å². The largest absolute Gasteiger partial charge is 0.354 e. The molecule has 0 unspecified atom stereocenters. The maximum Gasteiger partial charge on any atom is 0.229 e. The number of nitrogens with one attached hydrogen (secondary N) is 2. The minimum atomic E-state index is -0.126. The van der Waals surface area contributed by atoms with Crippen LogP contribution in [0.4, 0.5) is 0 Å². The number of carbonyl (C=O) groups excluding carboxylic acids is 3. The zero-order valence-electron chi connectivity index (χ0n) is 11.8. The lowest BCUT2D eigenvalue weighted by atomic mass is 9.93. The van der Waals surface area contributed by atoms with Crippen LogP contribution in [0.1, 0.15) is 38.5 Å². The Hall–Kier alpha value is -1.43. The average Bonchev–Trinajstić information content (AvgIpc) is 2.78. The summed E-state index contributed by atoms with van der Waals surface area (Å²) in [6.45, 7) is 2.76. The summed E-state index contributed by atoms with van der Waals surface area (Å²) in [5.74, 6) is 0.407. The van der Waals surface area contributed by atoms with E-state index in [-0.39, 0.29) is 17.7 Å². The van der Waals surface area contributed by atoms with E-state index in [1.165, 1.54) is 4.90 Å². The molecule has 0 aromatic carbocycles. The number of imide groups is 1. The molecule has 2 heterocycles. The predicted octanol–water partition coefficient (Wildman–Crippen LogP) is 0.0314. The van der Waals surface area contributed by atoms with Gasteiger partial charge in [0.05, 0.1) is 0 Å². The van der Waals surface area contributed by atoms with Gasteiger partial charge in [-0.15, -0.1) is 0 Å². The van der Waals surface area contributed by atoms with E-state index in [9.17, 15) is 14.4 Å². The predicted molar refractivity (Wildman–Crippen MR) is 73.8 cm³/mol. The second-order valence-electron chi connectivity index (χ2n) is 5.52. The minimum absolute atomic E-state index is 0.0163. The Balaban J connectivity index is 1.58. The highest BCUT2D eigenvalue weighted by molar-refractivity contribution is 6.01. The molecular weight excluding hydrogens is 258 g/mol. The summed E-state index contributed by atoms with van der Waals surface area (Å²) < 4.78 is 0. The summed E-state index contributed by atoms with van der Waals surface area (Å²) >= 11 is 0. The maximum atomic E-state index is 11.7. The third-order valence-electron chi connectivity index (χ3n) is 4.05. The number of carbonyl (C=O) groups is 3. The van der Waals surface area contributed by atoms with E-state index in [1.807, 2.05) is 0 Å².